The van der Waals surface area contributed by atoms with Crippen LogP contribution in [0.2, 0.25) is 0 Å². The highest BCUT2D eigenvalue weighted by Crippen LogP contribution is 2.42. The zero-order valence-electron chi connectivity index (χ0n) is 20.6. The van der Waals surface area contributed by atoms with Crippen molar-refractivity contribution in [2.45, 2.75) is 51.9 Å². The molecule has 0 bridgehead atoms. The van der Waals surface area contributed by atoms with E-state index in [1.807, 2.05) is 0 Å². The number of carbonyl (C=O) groups excluding carboxylic acids is 1. The van der Waals surface area contributed by atoms with Gasteiger partial charge in [0.15, 0.2) is 22.7 Å². The average molecular weight is 502 g/mol. The Morgan fingerprint density at radius 1 is 1.36 bits per heavy atom. The number of aromatic nitrogens is 3. The molecule has 0 saturated carbocycles. The van der Waals surface area contributed by atoms with Crippen molar-refractivity contribution in [3.05, 3.63) is 47.5 Å². The monoisotopic (exact) mass is 501 g/mol. The predicted octanol–water partition coefficient (Wildman–Crippen LogP) is 3.79. The molecule has 12 heteroatoms. The Labute approximate surface area is 206 Å². The molecular weight excluding hydrogens is 473 g/mol. The molecule has 2 aromatic heterocycles. The van der Waals surface area contributed by atoms with Crippen molar-refractivity contribution >= 4 is 23.5 Å². The van der Waals surface area contributed by atoms with Crippen molar-refractivity contribution in [2.24, 2.45) is 0 Å². The van der Waals surface area contributed by atoms with Crippen molar-refractivity contribution in [2.75, 3.05) is 18.5 Å². The number of fused-ring (bicyclic) bond motifs is 2. The van der Waals surface area contributed by atoms with Gasteiger partial charge in [-0.25, -0.2) is 23.5 Å². The SMILES string of the molecule is C[C@@H](Nc1ccn2ncc(C(=O)O)c2n1)c1cc(F)cc2c1OC(C)(CNC(=O)OC(C)(C)C)CO2. The maximum Gasteiger partial charge on any atom is 0.407 e. The van der Waals surface area contributed by atoms with E-state index in [9.17, 15) is 19.1 Å². The van der Waals surface area contributed by atoms with Crippen LogP contribution >= 0.6 is 0 Å². The summed E-state index contributed by atoms with van der Waals surface area (Å²) in [5, 5.41) is 19.2. The molecule has 3 aromatic rings. The van der Waals surface area contributed by atoms with Crippen LogP contribution in [0.3, 0.4) is 0 Å². The van der Waals surface area contributed by atoms with E-state index in [-0.39, 0.29) is 30.1 Å². The van der Waals surface area contributed by atoms with Gasteiger partial charge in [0.05, 0.1) is 18.8 Å². The summed E-state index contributed by atoms with van der Waals surface area (Å²) in [7, 11) is 0. The lowest BCUT2D eigenvalue weighted by atomic mass is 10.0. The van der Waals surface area contributed by atoms with Crippen molar-refractivity contribution in [3.8, 4) is 11.5 Å². The lowest BCUT2D eigenvalue weighted by Gasteiger charge is -2.37. The zero-order chi connectivity index (χ0) is 26.3. The second kappa shape index (κ2) is 9.17. The Morgan fingerprint density at radius 3 is 2.81 bits per heavy atom. The number of amides is 1. The molecule has 2 atom stereocenters. The summed E-state index contributed by atoms with van der Waals surface area (Å²) in [6.07, 6.45) is 2.21. The molecule has 1 unspecified atom stereocenters. The summed E-state index contributed by atoms with van der Waals surface area (Å²) >= 11 is 0. The van der Waals surface area contributed by atoms with Gasteiger partial charge in [-0.15, -0.1) is 0 Å². The zero-order valence-corrected chi connectivity index (χ0v) is 20.6. The summed E-state index contributed by atoms with van der Waals surface area (Å²) in [5.74, 6) is -0.730. The number of nitrogens with zero attached hydrogens (tertiary/aromatic N) is 3. The Hall–Kier alpha value is -4.09. The quantitative estimate of drug-likeness (QED) is 0.461. The van der Waals surface area contributed by atoms with Gasteiger partial charge >= 0.3 is 12.1 Å². The molecule has 1 aliphatic heterocycles. The number of ether oxygens (including phenoxy) is 3. The number of aromatic carboxylic acids is 1. The molecule has 0 spiro atoms. The Balaban J connectivity index is 1.55. The number of carbonyl (C=O) groups is 2. The van der Waals surface area contributed by atoms with Gasteiger partial charge < -0.3 is 30.0 Å². The Kier molecular flexibility index (Phi) is 6.37. The van der Waals surface area contributed by atoms with Crippen molar-refractivity contribution in [1.29, 1.82) is 0 Å². The number of carboxylic acids is 1. The predicted molar refractivity (Wildman–Crippen MR) is 127 cm³/mol. The molecule has 36 heavy (non-hydrogen) atoms. The van der Waals surface area contributed by atoms with Gasteiger partial charge in [-0.05, 0) is 46.8 Å². The third-order valence-corrected chi connectivity index (χ3v) is 5.37. The highest BCUT2D eigenvalue weighted by atomic mass is 19.1. The van der Waals surface area contributed by atoms with Crippen LogP contribution in [-0.2, 0) is 4.74 Å². The first-order valence-electron chi connectivity index (χ1n) is 11.3. The number of rotatable bonds is 6. The number of alkyl carbamates (subject to hydrolysis) is 1. The minimum Gasteiger partial charge on any atom is -0.485 e. The molecule has 1 aliphatic rings. The van der Waals surface area contributed by atoms with Gasteiger partial charge in [-0.3, -0.25) is 0 Å². The van der Waals surface area contributed by atoms with Crippen LogP contribution < -0.4 is 20.1 Å². The van der Waals surface area contributed by atoms with Crippen LogP contribution in [-0.4, -0.2) is 56.1 Å². The number of carboxylic acid groups (broad SMARTS) is 1. The third-order valence-electron chi connectivity index (χ3n) is 5.37. The van der Waals surface area contributed by atoms with Crippen molar-refractivity contribution in [3.63, 3.8) is 0 Å². The smallest absolute Gasteiger partial charge is 0.407 e. The summed E-state index contributed by atoms with van der Waals surface area (Å²) in [5.41, 5.74) is -1.00. The summed E-state index contributed by atoms with van der Waals surface area (Å²) < 4.78 is 33.1. The normalized spacial score (nSPS) is 17.9. The second-order valence-electron chi connectivity index (χ2n) is 9.83. The molecule has 0 fully saturated rings. The van der Waals surface area contributed by atoms with Gasteiger partial charge in [-0.1, -0.05) is 0 Å². The van der Waals surface area contributed by atoms with E-state index in [0.717, 1.165) is 0 Å². The van der Waals surface area contributed by atoms with Crippen molar-refractivity contribution in [1.82, 2.24) is 19.9 Å². The highest BCUT2D eigenvalue weighted by molar-refractivity contribution is 5.94. The van der Waals surface area contributed by atoms with E-state index < -0.39 is 35.1 Å². The average Bonchev–Trinajstić information content (AvgIpc) is 3.20. The van der Waals surface area contributed by atoms with Crippen LogP contribution in [0.5, 0.6) is 11.5 Å². The minimum atomic E-state index is -1.15. The first-order valence-corrected chi connectivity index (χ1v) is 11.3. The van der Waals surface area contributed by atoms with E-state index in [2.05, 4.69) is 20.7 Å². The van der Waals surface area contributed by atoms with Gasteiger partial charge in [0.2, 0.25) is 0 Å². The number of benzene rings is 1. The Bertz CT molecular complexity index is 1320. The van der Waals surface area contributed by atoms with Gasteiger partial charge in [0.1, 0.15) is 29.4 Å². The number of hydrogen-bond acceptors (Lipinski definition) is 8. The van der Waals surface area contributed by atoms with Crippen LogP contribution in [0.4, 0.5) is 15.0 Å². The molecule has 0 radical (unpaired) electrons. The fourth-order valence-corrected chi connectivity index (χ4v) is 3.69. The summed E-state index contributed by atoms with van der Waals surface area (Å²) in [6, 6.07) is 3.68. The molecule has 11 nitrogen and oxygen atoms in total. The van der Waals surface area contributed by atoms with Crippen molar-refractivity contribution < 1.29 is 33.3 Å². The maximum absolute atomic E-state index is 14.4. The standard InChI is InChI=1S/C24H28FN5O6/c1-13(28-18-6-7-30-20(29-18)16(10-27-30)21(31)32)15-8-14(25)9-17-19(15)35-24(5,12-34-17)11-26-22(33)36-23(2,3)4/h6-10,13H,11-12H2,1-5H3,(H,26,33)(H,28,29)(H,31,32)/t13-,24?/m1/s1. The molecule has 0 saturated heterocycles. The van der Waals surface area contributed by atoms with Gasteiger partial charge in [0.25, 0.3) is 0 Å². The molecule has 4 rings (SSSR count). The van der Waals surface area contributed by atoms with E-state index >= 15 is 0 Å². The number of halogens is 1. The lowest BCUT2D eigenvalue weighted by molar-refractivity contribution is 0.000182. The largest absolute Gasteiger partial charge is 0.485 e. The number of nitrogens with one attached hydrogen (secondary N) is 2. The van der Waals surface area contributed by atoms with Crippen LogP contribution in [0.1, 0.15) is 56.6 Å². The summed E-state index contributed by atoms with van der Waals surface area (Å²) in [4.78, 5) is 27.9. The first kappa shape index (κ1) is 25.0. The van der Waals surface area contributed by atoms with Gasteiger partial charge in [0, 0.05) is 17.8 Å². The van der Waals surface area contributed by atoms with E-state index in [1.165, 1.54) is 22.8 Å². The highest BCUT2D eigenvalue weighted by Gasteiger charge is 2.36. The molecule has 3 heterocycles. The van der Waals surface area contributed by atoms with Crippen LogP contribution in [0.15, 0.2) is 30.6 Å². The molecule has 1 amide bonds. The van der Waals surface area contributed by atoms with E-state index in [1.54, 1.807) is 46.9 Å². The minimum absolute atomic E-state index is 0.0422. The Morgan fingerprint density at radius 2 is 2.11 bits per heavy atom. The fraction of sp³-hybridized carbons (Fsp3) is 0.417. The van der Waals surface area contributed by atoms with E-state index in [4.69, 9.17) is 14.2 Å². The van der Waals surface area contributed by atoms with Crippen LogP contribution in [0.25, 0.3) is 5.65 Å². The first-order chi connectivity index (χ1) is 16.8. The lowest BCUT2D eigenvalue weighted by Crippen LogP contribution is -2.51. The van der Waals surface area contributed by atoms with Gasteiger partial charge in [-0.2, -0.15) is 5.10 Å². The molecule has 1 aromatic carbocycles. The molecule has 0 aliphatic carbocycles. The molecule has 192 valence electrons. The number of anilines is 1. The number of hydrogen-bond donors (Lipinski definition) is 3. The maximum atomic E-state index is 14.4. The molecular formula is C24H28FN5O6. The second-order valence-corrected chi connectivity index (χ2v) is 9.83. The third kappa shape index (κ3) is 5.42. The van der Waals surface area contributed by atoms with E-state index in [0.29, 0.717) is 17.1 Å². The van der Waals surface area contributed by atoms with Crippen LogP contribution in [0, 0.1) is 5.82 Å². The molecule has 3 N–H and O–H groups in total. The summed E-state index contributed by atoms with van der Waals surface area (Å²) in [6.45, 7) is 9.02. The topological polar surface area (TPSA) is 136 Å². The fourth-order valence-electron chi connectivity index (χ4n) is 3.69.